The molecule has 0 saturated carbocycles. The minimum absolute atomic E-state index is 0.268. The quantitative estimate of drug-likeness (QED) is 0.580. The van der Waals surface area contributed by atoms with Gasteiger partial charge in [0.2, 0.25) is 0 Å². The molecule has 1 N–H and O–H groups in total. The van der Waals surface area contributed by atoms with Gasteiger partial charge < -0.3 is 14.8 Å². The molecule has 0 aromatic carbocycles. The molecule has 0 aliphatic carbocycles. The van der Waals surface area contributed by atoms with Crippen LogP contribution in [0.4, 0.5) is 0 Å². The molecule has 0 aliphatic heterocycles. The van der Waals surface area contributed by atoms with E-state index in [0.29, 0.717) is 19.3 Å². The van der Waals surface area contributed by atoms with Gasteiger partial charge in [0.05, 0.1) is 19.3 Å². The standard InChI is InChI=1S/C11H25NO2/c1-5-10(3)12-9-11(4)14-8-7-13-6-2/h10-12H,5-9H2,1-4H3. The molecule has 0 amide bonds. The Morgan fingerprint density at radius 1 is 1.14 bits per heavy atom. The van der Waals surface area contributed by atoms with Gasteiger partial charge in [-0.1, -0.05) is 6.92 Å². The number of ether oxygens (including phenoxy) is 2. The van der Waals surface area contributed by atoms with E-state index in [1.165, 1.54) is 0 Å². The van der Waals surface area contributed by atoms with E-state index in [4.69, 9.17) is 9.47 Å². The average Bonchev–Trinajstić information content (AvgIpc) is 2.21. The molecule has 0 fully saturated rings. The molecule has 0 aromatic heterocycles. The van der Waals surface area contributed by atoms with Gasteiger partial charge in [-0.3, -0.25) is 0 Å². The lowest BCUT2D eigenvalue weighted by molar-refractivity contribution is 0.0150. The van der Waals surface area contributed by atoms with E-state index >= 15 is 0 Å². The van der Waals surface area contributed by atoms with E-state index < -0.39 is 0 Å². The first-order chi connectivity index (χ1) is 6.70. The lowest BCUT2D eigenvalue weighted by atomic mass is 10.2. The highest BCUT2D eigenvalue weighted by Gasteiger charge is 2.03. The predicted molar refractivity (Wildman–Crippen MR) is 59.7 cm³/mol. The summed E-state index contributed by atoms with van der Waals surface area (Å²) in [5.41, 5.74) is 0. The first kappa shape index (κ1) is 13.9. The van der Waals surface area contributed by atoms with Crippen LogP contribution in [-0.2, 0) is 9.47 Å². The van der Waals surface area contributed by atoms with E-state index in [2.05, 4.69) is 26.1 Å². The molecule has 0 spiro atoms. The predicted octanol–water partition coefficient (Wildman–Crippen LogP) is 1.82. The van der Waals surface area contributed by atoms with E-state index in [0.717, 1.165) is 19.6 Å². The molecule has 14 heavy (non-hydrogen) atoms. The Morgan fingerprint density at radius 3 is 2.43 bits per heavy atom. The highest BCUT2D eigenvalue weighted by atomic mass is 16.5. The molecule has 0 heterocycles. The summed E-state index contributed by atoms with van der Waals surface area (Å²) in [5.74, 6) is 0. The van der Waals surface area contributed by atoms with Crippen LogP contribution in [0.3, 0.4) is 0 Å². The van der Waals surface area contributed by atoms with E-state index in [9.17, 15) is 0 Å². The third kappa shape index (κ3) is 8.48. The van der Waals surface area contributed by atoms with Crippen LogP contribution in [0.2, 0.25) is 0 Å². The zero-order chi connectivity index (χ0) is 10.8. The molecule has 0 radical (unpaired) electrons. The first-order valence-corrected chi connectivity index (χ1v) is 5.63. The summed E-state index contributed by atoms with van der Waals surface area (Å²) in [7, 11) is 0. The fourth-order valence-corrected chi connectivity index (χ4v) is 1.02. The summed E-state index contributed by atoms with van der Waals surface area (Å²) in [4.78, 5) is 0. The Labute approximate surface area is 88.2 Å². The van der Waals surface area contributed by atoms with Gasteiger partial charge in [-0.2, -0.15) is 0 Å². The molecule has 3 nitrogen and oxygen atoms in total. The van der Waals surface area contributed by atoms with Crippen LogP contribution in [0.1, 0.15) is 34.1 Å². The van der Waals surface area contributed by atoms with Crippen molar-refractivity contribution in [2.75, 3.05) is 26.4 Å². The minimum atomic E-state index is 0.268. The van der Waals surface area contributed by atoms with Crippen molar-refractivity contribution in [1.29, 1.82) is 0 Å². The summed E-state index contributed by atoms with van der Waals surface area (Å²) >= 11 is 0. The zero-order valence-electron chi connectivity index (χ0n) is 10.0. The maximum absolute atomic E-state index is 5.55. The highest BCUT2D eigenvalue weighted by Crippen LogP contribution is 1.92. The smallest absolute Gasteiger partial charge is 0.0704 e. The molecule has 0 aromatic rings. The molecule has 0 rings (SSSR count). The monoisotopic (exact) mass is 203 g/mol. The second-order valence-corrected chi connectivity index (χ2v) is 3.60. The number of hydrogen-bond acceptors (Lipinski definition) is 3. The third-order valence-electron chi connectivity index (χ3n) is 2.20. The molecule has 2 unspecified atom stereocenters. The number of rotatable bonds is 9. The number of hydrogen-bond donors (Lipinski definition) is 1. The fourth-order valence-electron chi connectivity index (χ4n) is 1.02. The van der Waals surface area contributed by atoms with Crippen molar-refractivity contribution < 1.29 is 9.47 Å². The van der Waals surface area contributed by atoms with Crippen LogP contribution in [0, 0.1) is 0 Å². The molecule has 0 aliphatic rings. The average molecular weight is 203 g/mol. The van der Waals surface area contributed by atoms with Crippen LogP contribution in [0.5, 0.6) is 0 Å². The third-order valence-corrected chi connectivity index (χ3v) is 2.20. The van der Waals surface area contributed by atoms with Crippen molar-refractivity contribution in [2.45, 2.75) is 46.3 Å². The number of nitrogens with one attached hydrogen (secondary N) is 1. The van der Waals surface area contributed by atoms with E-state index in [-0.39, 0.29) is 6.10 Å². The molecular formula is C11H25NO2. The summed E-state index contributed by atoms with van der Waals surface area (Å²) < 4.78 is 10.7. The molecular weight excluding hydrogens is 178 g/mol. The second-order valence-electron chi connectivity index (χ2n) is 3.60. The highest BCUT2D eigenvalue weighted by molar-refractivity contribution is 4.61. The van der Waals surface area contributed by atoms with Crippen LogP contribution in [0.15, 0.2) is 0 Å². The van der Waals surface area contributed by atoms with E-state index in [1.807, 2.05) is 6.92 Å². The lowest BCUT2D eigenvalue weighted by Crippen LogP contribution is -2.33. The largest absolute Gasteiger partial charge is 0.379 e. The molecule has 0 saturated heterocycles. The Kier molecular flexibility index (Phi) is 9.35. The van der Waals surface area contributed by atoms with Gasteiger partial charge in [-0.15, -0.1) is 0 Å². The molecule has 86 valence electrons. The van der Waals surface area contributed by atoms with Crippen molar-refractivity contribution >= 4 is 0 Å². The Bertz CT molecular complexity index is 120. The van der Waals surface area contributed by atoms with Gasteiger partial charge in [0, 0.05) is 19.2 Å². The van der Waals surface area contributed by atoms with Gasteiger partial charge >= 0.3 is 0 Å². The summed E-state index contributed by atoms with van der Waals surface area (Å²) in [5, 5.41) is 3.41. The van der Waals surface area contributed by atoms with Crippen molar-refractivity contribution in [3.8, 4) is 0 Å². The van der Waals surface area contributed by atoms with Crippen molar-refractivity contribution in [1.82, 2.24) is 5.32 Å². The van der Waals surface area contributed by atoms with Gasteiger partial charge in [-0.25, -0.2) is 0 Å². The van der Waals surface area contributed by atoms with Crippen LogP contribution in [-0.4, -0.2) is 38.5 Å². The Hall–Kier alpha value is -0.120. The molecule has 0 bridgehead atoms. The summed E-state index contributed by atoms with van der Waals surface area (Å²) in [6.45, 7) is 11.5. The Morgan fingerprint density at radius 2 is 1.86 bits per heavy atom. The zero-order valence-corrected chi connectivity index (χ0v) is 10.0. The minimum Gasteiger partial charge on any atom is -0.379 e. The Balaban J connectivity index is 3.23. The van der Waals surface area contributed by atoms with Gasteiger partial charge in [0.25, 0.3) is 0 Å². The van der Waals surface area contributed by atoms with Crippen LogP contribution in [0.25, 0.3) is 0 Å². The summed E-state index contributed by atoms with van der Waals surface area (Å²) in [6.07, 6.45) is 1.43. The summed E-state index contributed by atoms with van der Waals surface area (Å²) in [6, 6.07) is 0.577. The maximum atomic E-state index is 5.55. The van der Waals surface area contributed by atoms with Crippen molar-refractivity contribution in [3.63, 3.8) is 0 Å². The molecule has 2 atom stereocenters. The van der Waals surface area contributed by atoms with Crippen molar-refractivity contribution in [2.24, 2.45) is 0 Å². The topological polar surface area (TPSA) is 30.5 Å². The first-order valence-electron chi connectivity index (χ1n) is 5.63. The maximum Gasteiger partial charge on any atom is 0.0704 e. The fraction of sp³-hybridized carbons (Fsp3) is 1.00. The second kappa shape index (κ2) is 9.44. The van der Waals surface area contributed by atoms with Crippen LogP contribution >= 0.6 is 0 Å². The van der Waals surface area contributed by atoms with Gasteiger partial charge in [0.15, 0.2) is 0 Å². The van der Waals surface area contributed by atoms with Gasteiger partial charge in [-0.05, 0) is 27.2 Å². The van der Waals surface area contributed by atoms with Gasteiger partial charge in [0.1, 0.15) is 0 Å². The van der Waals surface area contributed by atoms with Crippen molar-refractivity contribution in [3.05, 3.63) is 0 Å². The van der Waals surface area contributed by atoms with Crippen LogP contribution < -0.4 is 5.32 Å². The van der Waals surface area contributed by atoms with E-state index in [1.54, 1.807) is 0 Å². The lowest BCUT2D eigenvalue weighted by Gasteiger charge is -2.17. The molecule has 3 heteroatoms. The SMILES string of the molecule is CCOCCOC(C)CNC(C)CC. The normalized spacial score (nSPS) is 15.4.